The van der Waals surface area contributed by atoms with Crippen LogP contribution in [-0.2, 0) is 76.8 Å². The Morgan fingerprint density at radius 2 is 0.821 bits per heavy atom. The molecule has 4 N–H and O–H groups in total. The van der Waals surface area contributed by atoms with Crippen LogP contribution in [0.3, 0.4) is 0 Å². The number of carbonyl (C=O) groups is 14. The van der Waals surface area contributed by atoms with Crippen LogP contribution in [0.2, 0.25) is 0 Å². The molecular formula is C32H34N8O16. The van der Waals surface area contributed by atoms with E-state index in [-0.39, 0.29) is 51.6 Å². The Balaban J connectivity index is 1.46. The third kappa shape index (κ3) is 11.0. The number of rotatable bonds is 19. The standard InChI is InChI=1S/C32H34N8O16/c41-17(15-37-19(43)5-6-20(37)44)35-29(31(53)33-13-1-3-27(51)55-39-23(47)9-10-24(39)48)30(36-18(42)16-38-21(45)7-8-22(38)46)32(54)34-14-2-4-28(52)56-40-25(49)11-12-26(40)50/h5-8,29-30H,1-4,9-16H2,(H,33,53)(H,34,54)(H,35,41)(H,36,42). The van der Waals surface area contributed by atoms with Crippen LogP contribution < -0.4 is 21.3 Å². The van der Waals surface area contributed by atoms with E-state index in [1.165, 1.54) is 0 Å². The number of imide groups is 4. The Bertz CT molecular complexity index is 1640. The van der Waals surface area contributed by atoms with Gasteiger partial charge in [-0.15, -0.1) is 10.1 Å². The molecule has 24 nitrogen and oxygen atoms in total. The summed E-state index contributed by atoms with van der Waals surface area (Å²) in [5, 5.41) is 9.65. The summed E-state index contributed by atoms with van der Waals surface area (Å²) in [6.07, 6.45) is 1.71. The molecule has 0 aromatic heterocycles. The van der Waals surface area contributed by atoms with Crippen molar-refractivity contribution >= 4 is 82.8 Å². The summed E-state index contributed by atoms with van der Waals surface area (Å²) in [4.78, 5) is 183. The van der Waals surface area contributed by atoms with Crippen molar-refractivity contribution in [1.82, 2.24) is 41.2 Å². The third-order valence-electron chi connectivity index (χ3n) is 8.05. The molecule has 56 heavy (non-hydrogen) atoms. The van der Waals surface area contributed by atoms with Crippen molar-refractivity contribution in [2.45, 2.75) is 63.5 Å². The molecule has 24 heteroatoms. The minimum atomic E-state index is -2.06. The summed E-state index contributed by atoms with van der Waals surface area (Å²) >= 11 is 0. The highest BCUT2D eigenvalue weighted by atomic mass is 16.7. The van der Waals surface area contributed by atoms with Gasteiger partial charge in [-0.05, 0) is 12.8 Å². The first-order chi connectivity index (χ1) is 26.5. The first-order valence-electron chi connectivity index (χ1n) is 16.9. The highest BCUT2D eigenvalue weighted by Gasteiger charge is 2.39. The minimum Gasteiger partial charge on any atom is -0.354 e. The van der Waals surface area contributed by atoms with Gasteiger partial charge in [0.25, 0.3) is 47.3 Å². The second-order valence-corrected chi connectivity index (χ2v) is 12.2. The lowest BCUT2D eigenvalue weighted by Gasteiger charge is -2.28. The molecular weight excluding hydrogens is 752 g/mol. The molecule has 0 aromatic carbocycles. The lowest BCUT2D eigenvalue weighted by atomic mass is 10.1. The Morgan fingerprint density at radius 3 is 1.12 bits per heavy atom. The predicted molar refractivity (Wildman–Crippen MR) is 174 cm³/mol. The van der Waals surface area contributed by atoms with Crippen molar-refractivity contribution < 1.29 is 76.8 Å². The van der Waals surface area contributed by atoms with E-state index in [2.05, 4.69) is 21.3 Å². The molecule has 12 amide bonds. The lowest BCUT2D eigenvalue weighted by Crippen LogP contribution is -2.65. The van der Waals surface area contributed by atoms with Crippen molar-refractivity contribution in [3.63, 3.8) is 0 Å². The largest absolute Gasteiger partial charge is 0.354 e. The number of hydrogen-bond acceptors (Lipinski definition) is 16. The fourth-order valence-electron chi connectivity index (χ4n) is 5.22. The second-order valence-electron chi connectivity index (χ2n) is 12.2. The van der Waals surface area contributed by atoms with E-state index >= 15 is 0 Å². The van der Waals surface area contributed by atoms with E-state index in [1.54, 1.807) is 0 Å². The topological polar surface area (TPSA) is 319 Å². The van der Waals surface area contributed by atoms with Gasteiger partial charge in [-0.1, -0.05) is 0 Å². The van der Waals surface area contributed by atoms with Gasteiger partial charge < -0.3 is 30.9 Å². The molecule has 0 spiro atoms. The average Bonchev–Trinajstić information content (AvgIpc) is 3.86. The molecule has 4 aliphatic rings. The quantitative estimate of drug-likeness (QED) is 0.0702. The van der Waals surface area contributed by atoms with Gasteiger partial charge in [0.05, 0.1) is 0 Å². The number of nitrogens with zero attached hydrogens (tertiary/aromatic N) is 4. The van der Waals surface area contributed by atoms with Crippen LogP contribution in [0.1, 0.15) is 51.4 Å². The van der Waals surface area contributed by atoms with Gasteiger partial charge in [-0.25, -0.2) is 9.59 Å². The van der Waals surface area contributed by atoms with Crippen LogP contribution in [0.4, 0.5) is 0 Å². The van der Waals surface area contributed by atoms with Gasteiger partial charge in [-0.2, -0.15) is 0 Å². The number of nitrogens with one attached hydrogen (secondary N) is 4. The van der Waals surface area contributed by atoms with Gasteiger partial charge >= 0.3 is 11.9 Å². The minimum absolute atomic E-state index is 0.145. The van der Waals surface area contributed by atoms with Crippen molar-refractivity contribution in [3.05, 3.63) is 24.3 Å². The van der Waals surface area contributed by atoms with Gasteiger partial charge in [0.2, 0.25) is 23.6 Å². The average molecular weight is 787 g/mol. The Kier molecular flexibility index (Phi) is 13.9. The summed E-state index contributed by atoms with van der Waals surface area (Å²) in [5.74, 6) is -13.1. The second kappa shape index (κ2) is 18.8. The molecule has 2 saturated heterocycles. The van der Waals surface area contributed by atoms with Crippen molar-refractivity contribution in [3.8, 4) is 0 Å². The number of carbonyl (C=O) groups excluding carboxylic acids is 14. The molecule has 0 bridgehead atoms. The van der Waals surface area contributed by atoms with Crippen molar-refractivity contribution in [1.29, 1.82) is 0 Å². The monoisotopic (exact) mass is 786 g/mol. The smallest absolute Gasteiger partial charge is 0.333 e. The fraction of sp³-hybridized carbons (Fsp3) is 0.438. The van der Waals surface area contributed by atoms with Crippen LogP contribution in [-0.4, -0.2) is 141 Å². The number of amides is 12. The van der Waals surface area contributed by atoms with E-state index in [0.29, 0.717) is 19.9 Å². The number of hydroxylamine groups is 4. The van der Waals surface area contributed by atoms with Crippen LogP contribution in [0.25, 0.3) is 0 Å². The first-order valence-corrected chi connectivity index (χ1v) is 16.9. The first kappa shape index (κ1) is 41.6. The molecule has 2 fully saturated rings. The molecule has 2 atom stereocenters. The predicted octanol–water partition coefficient (Wildman–Crippen LogP) is -5.19. The van der Waals surface area contributed by atoms with Gasteiger partial charge in [0.1, 0.15) is 25.2 Å². The highest BCUT2D eigenvalue weighted by Crippen LogP contribution is 2.14. The zero-order valence-corrected chi connectivity index (χ0v) is 29.3. The molecule has 4 heterocycles. The molecule has 4 aliphatic heterocycles. The fourth-order valence-corrected chi connectivity index (χ4v) is 5.22. The van der Waals surface area contributed by atoms with Gasteiger partial charge in [0, 0.05) is 75.9 Å². The zero-order valence-electron chi connectivity index (χ0n) is 29.3. The molecule has 0 saturated carbocycles. The van der Waals surface area contributed by atoms with Crippen LogP contribution in [0, 0.1) is 0 Å². The summed E-state index contributed by atoms with van der Waals surface area (Å²) in [6, 6.07) is -4.11. The molecule has 0 aromatic rings. The maximum absolute atomic E-state index is 13.6. The SMILES string of the molecule is O=C(CN1C(=O)C=CC1=O)NC(C(=O)NCCCC(=O)ON1C(=O)CCC1=O)C(NC(=O)CN1C(=O)C=CC1=O)C(=O)NCCCC(=O)ON1C(=O)CCC1=O. The molecule has 0 aliphatic carbocycles. The van der Waals surface area contributed by atoms with E-state index in [0.717, 1.165) is 24.3 Å². The van der Waals surface area contributed by atoms with Crippen LogP contribution in [0.5, 0.6) is 0 Å². The van der Waals surface area contributed by atoms with E-state index in [4.69, 9.17) is 9.68 Å². The number of hydrogen-bond donors (Lipinski definition) is 4. The molecule has 0 radical (unpaired) electrons. The maximum Gasteiger partial charge on any atom is 0.333 e. The van der Waals surface area contributed by atoms with E-state index in [1.807, 2.05) is 0 Å². The Morgan fingerprint density at radius 1 is 0.518 bits per heavy atom. The summed E-state index contributed by atoms with van der Waals surface area (Å²) in [5.41, 5.74) is 0. The van der Waals surface area contributed by atoms with E-state index in [9.17, 15) is 67.1 Å². The van der Waals surface area contributed by atoms with Crippen molar-refractivity contribution in [2.75, 3.05) is 26.2 Å². The van der Waals surface area contributed by atoms with Crippen molar-refractivity contribution in [2.24, 2.45) is 0 Å². The summed E-state index contributed by atoms with van der Waals surface area (Å²) in [7, 11) is 0. The molecule has 298 valence electrons. The molecule has 4 rings (SSSR count). The normalized spacial score (nSPS) is 17.5. The Hall–Kier alpha value is -7.14. The summed E-state index contributed by atoms with van der Waals surface area (Å²) in [6.45, 7) is -2.60. The third-order valence-corrected chi connectivity index (χ3v) is 8.05. The lowest BCUT2D eigenvalue weighted by molar-refractivity contribution is -0.197. The molecule has 2 unspecified atom stereocenters. The van der Waals surface area contributed by atoms with E-state index < -0.39 is 121 Å². The van der Waals surface area contributed by atoms with Crippen LogP contribution in [0.15, 0.2) is 24.3 Å². The van der Waals surface area contributed by atoms with Gasteiger partial charge in [-0.3, -0.25) is 67.3 Å². The van der Waals surface area contributed by atoms with Gasteiger partial charge in [0.15, 0.2) is 0 Å². The zero-order chi connectivity index (χ0) is 41.1. The highest BCUT2D eigenvalue weighted by molar-refractivity contribution is 6.15. The Labute approximate surface area is 314 Å². The summed E-state index contributed by atoms with van der Waals surface area (Å²) < 4.78 is 0. The maximum atomic E-state index is 13.6. The van der Waals surface area contributed by atoms with Crippen LogP contribution >= 0.6 is 0 Å².